The minimum absolute atomic E-state index is 0.0327. The first kappa shape index (κ1) is 20.1. The fourth-order valence-electron chi connectivity index (χ4n) is 5.28. The molecule has 0 spiro atoms. The van der Waals surface area contributed by atoms with E-state index in [0.717, 1.165) is 41.7 Å². The number of aliphatic hydroxyl groups is 1. The molecule has 6 heteroatoms. The highest BCUT2D eigenvalue weighted by Crippen LogP contribution is 2.44. The smallest absolute Gasteiger partial charge is 0.242 e. The zero-order valence-corrected chi connectivity index (χ0v) is 17.7. The second kappa shape index (κ2) is 8.00. The van der Waals surface area contributed by atoms with E-state index in [4.69, 9.17) is 4.74 Å². The van der Waals surface area contributed by atoms with Gasteiger partial charge in [-0.15, -0.1) is 0 Å². The molecule has 0 bridgehead atoms. The molecule has 0 unspecified atom stereocenters. The Hall–Kier alpha value is -2.86. The van der Waals surface area contributed by atoms with Crippen molar-refractivity contribution >= 4 is 11.8 Å². The largest absolute Gasteiger partial charge is 0.497 e. The SMILES string of the molecule is COc1cccc(-c2ccc([C@@H]3[C@H]4CN(C(=O)C5CCC5)CC(=O)N4[C@H]3CO)cc2)c1. The van der Waals surface area contributed by atoms with Gasteiger partial charge in [0.1, 0.15) is 5.75 Å². The van der Waals surface area contributed by atoms with Gasteiger partial charge in [0, 0.05) is 18.4 Å². The van der Waals surface area contributed by atoms with Gasteiger partial charge in [-0.25, -0.2) is 0 Å². The third-order valence-corrected chi connectivity index (χ3v) is 7.22. The number of ether oxygens (including phenoxy) is 1. The average Bonchev–Trinajstić information content (AvgIpc) is 2.74. The number of aliphatic hydroxyl groups excluding tert-OH is 1. The molecule has 5 rings (SSSR count). The number of fused-ring (bicyclic) bond motifs is 1. The third kappa shape index (κ3) is 3.39. The highest BCUT2D eigenvalue weighted by molar-refractivity contribution is 5.89. The van der Waals surface area contributed by atoms with Crippen molar-refractivity contribution in [3.8, 4) is 16.9 Å². The average molecular weight is 421 g/mol. The lowest BCUT2D eigenvalue weighted by molar-refractivity contribution is -0.169. The number of rotatable bonds is 5. The maximum Gasteiger partial charge on any atom is 0.242 e. The molecule has 2 aromatic carbocycles. The molecule has 2 heterocycles. The van der Waals surface area contributed by atoms with Crippen LogP contribution in [0.5, 0.6) is 5.75 Å². The van der Waals surface area contributed by atoms with Gasteiger partial charge in [-0.1, -0.05) is 42.8 Å². The lowest BCUT2D eigenvalue weighted by Gasteiger charge is -2.59. The van der Waals surface area contributed by atoms with E-state index in [9.17, 15) is 14.7 Å². The molecular formula is C25H28N2O4. The van der Waals surface area contributed by atoms with Crippen LogP contribution >= 0.6 is 0 Å². The molecule has 3 atom stereocenters. The molecule has 0 aromatic heterocycles. The third-order valence-electron chi connectivity index (χ3n) is 7.22. The predicted octanol–water partition coefficient (Wildman–Crippen LogP) is 2.66. The Morgan fingerprint density at radius 2 is 1.90 bits per heavy atom. The number of amides is 2. The molecule has 6 nitrogen and oxygen atoms in total. The van der Waals surface area contributed by atoms with Gasteiger partial charge in [-0.05, 0) is 41.7 Å². The molecule has 1 aliphatic carbocycles. The summed E-state index contributed by atoms with van der Waals surface area (Å²) in [5.41, 5.74) is 3.25. The van der Waals surface area contributed by atoms with Gasteiger partial charge in [0.15, 0.2) is 0 Å². The first-order chi connectivity index (χ1) is 15.1. The Morgan fingerprint density at radius 1 is 1.13 bits per heavy atom. The van der Waals surface area contributed by atoms with Crippen molar-refractivity contribution in [1.29, 1.82) is 0 Å². The van der Waals surface area contributed by atoms with Crippen molar-refractivity contribution in [2.45, 2.75) is 37.3 Å². The van der Waals surface area contributed by atoms with Crippen LogP contribution in [0, 0.1) is 5.92 Å². The van der Waals surface area contributed by atoms with Crippen LogP contribution in [0.15, 0.2) is 48.5 Å². The van der Waals surface area contributed by atoms with Gasteiger partial charge in [0.2, 0.25) is 11.8 Å². The Kier molecular flexibility index (Phi) is 5.18. The zero-order valence-electron chi connectivity index (χ0n) is 17.7. The summed E-state index contributed by atoms with van der Waals surface area (Å²) in [5, 5.41) is 9.99. The van der Waals surface area contributed by atoms with Crippen LogP contribution in [0.4, 0.5) is 0 Å². The molecule has 31 heavy (non-hydrogen) atoms. The standard InChI is InChI=1S/C25H28N2O4/c1-31-20-7-3-6-19(12-20)16-8-10-17(11-9-16)24-21-13-26(25(30)18-4-2-5-18)14-23(29)27(21)22(24)15-28/h3,6-12,18,21-22,24,28H,2,4-5,13-15H2,1H3/t21-,22+,24-/m1/s1. The molecule has 0 radical (unpaired) electrons. The zero-order chi connectivity index (χ0) is 21.5. The summed E-state index contributed by atoms with van der Waals surface area (Å²) in [6.45, 7) is 0.630. The molecule has 2 amide bonds. The van der Waals surface area contributed by atoms with Crippen molar-refractivity contribution < 1.29 is 19.4 Å². The maximum atomic E-state index is 12.8. The van der Waals surface area contributed by atoms with E-state index < -0.39 is 0 Å². The Labute approximate surface area is 182 Å². The van der Waals surface area contributed by atoms with Crippen molar-refractivity contribution in [3.05, 3.63) is 54.1 Å². The lowest BCUT2D eigenvalue weighted by atomic mass is 9.73. The molecule has 1 N–H and O–H groups in total. The van der Waals surface area contributed by atoms with Gasteiger partial charge in [-0.3, -0.25) is 9.59 Å². The molecule has 162 valence electrons. The first-order valence-corrected chi connectivity index (χ1v) is 11.1. The molecular weight excluding hydrogens is 392 g/mol. The fraction of sp³-hybridized carbons (Fsp3) is 0.440. The molecule has 3 aliphatic rings. The van der Waals surface area contributed by atoms with E-state index in [1.54, 1.807) is 16.9 Å². The highest BCUT2D eigenvalue weighted by Gasteiger charge is 2.54. The van der Waals surface area contributed by atoms with Crippen LogP contribution in [0.3, 0.4) is 0 Å². The van der Waals surface area contributed by atoms with Gasteiger partial charge >= 0.3 is 0 Å². The topological polar surface area (TPSA) is 70.1 Å². The van der Waals surface area contributed by atoms with E-state index in [0.29, 0.717) is 6.54 Å². The summed E-state index contributed by atoms with van der Waals surface area (Å²) >= 11 is 0. The minimum atomic E-state index is -0.221. The normalized spacial score (nSPS) is 25.5. The van der Waals surface area contributed by atoms with Crippen LogP contribution in [0.2, 0.25) is 0 Å². The van der Waals surface area contributed by atoms with Gasteiger partial charge in [-0.2, -0.15) is 0 Å². The molecule has 2 saturated heterocycles. The second-order valence-corrected chi connectivity index (χ2v) is 8.84. The molecule has 2 aliphatic heterocycles. The number of carbonyl (C=O) groups is 2. The van der Waals surface area contributed by atoms with Crippen molar-refractivity contribution in [1.82, 2.24) is 9.80 Å². The van der Waals surface area contributed by atoms with Crippen molar-refractivity contribution in [2.75, 3.05) is 26.8 Å². The quantitative estimate of drug-likeness (QED) is 0.808. The van der Waals surface area contributed by atoms with E-state index in [2.05, 4.69) is 24.3 Å². The molecule has 3 fully saturated rings. The summed E-state index contributed by atoms with van der Waals surface area (Å²) in [6.07, 6.45) is 2.97. The van der Waals surface area contributed by atoms with Gasteiger partial charge in [0.05, 0.1) is 32.3 Å². The van der Waals surface area contributed by atoms with Crippen LogP contribution in [-0.2, 0) is 9.59 Å². The van der Waals surface area contributed by atoms with Crippen molar-refractivity contribution in [2.24, 2.45) is 5.92 Å². The first-order valence-electron chi connectivity index (χ1n) is 11.1. The highest BCUT2D eigenvalue weighted by atomic mass is 16.5. The number of carbonyl (C=O) groups excluding carboxylic acids is 2. The summed E-state index contributed by atoms with van der Waals surface area (Å²) in [5.74, 6) is 1.01. The van der Waals surface area contributed by atoms with E-state index in [1.807, 2.05) is 24.3 Å². The number of methoxy groups -OCH3 is 1. The van der Waals surface area contributed by atoms with E-state index in [-0.39, 0.29) is 48.9 Å². The van der Waals surface area contributed by atoms with Gasteiger partial charge in [0.25, 0.3) is 0 Å². The predicted molar refractivity (Wildman–Crippen MR) is 117 cm³/mol. The maximum absolute atomic E-state index is 12.8. The number of hydrogen-bond acceptors (Lipinski definition) is 4. The van der Waals surface area contributed by atoms with E-state index >= 15 is 0 Å². The fourth-order valence-corrected chi connectivity index (χ4v) is 5.28. The summed E-state index contributed by atoms with van der Waals surface area (Å²) in [6, 6.07) is 16.0. The second-order valence-electron chi connectivity index (χ2n) is 8.84. The number of nitrogens with zero attached hydrogens (tertiary/aromatic N) is 2. The summed E-state index contributed by atoms with van der Waals surface area (Å²) < 4.78 is 5.32. The Balaban J connectivity index is 1.37. The number of benzene rings is 2. The summed E-state index contributed by atoms with van der Waals surface area (Å²) in [7, 11) is 1.66. The molecule has 2 aromatic rings. The Bertz CT molecular complexity index is 985. The van der Waals surface area contributed by atoms with Crippen LogP contribution < -0.4 is 4.74 Å². The summed E-state index contributed by atoms with van der Waals surface area (Å²) in [4.78, 5) is 29.0. The minimum Gasteiger partial charge on any atom is -0.497 e. The van der Waals surface area contributed by atoms with Crippen LogP contribution in [0.25, 0.3) is 11.1 Å². The van der Waals surface area contributed by atoms with Crippen LogP contribution in [-0.4, -0.2) is 65.6 Å². The van der Waals surface area contributed by atoms with Gasteiger partial charge < -0.3 is 19.6 Å². The Morgan fingerprint density at radius 3 is 2.55 bits per heavy atom. The lowest BCUT2D eigenvalue weighted by Crippen LogP contribution is -2.73. The number of hydrogen-bond donors (Lipinski definition) is 1. The van der Waals surface area contributed by atoms with E-state index in [1.165, 1.54) is 0 Å². The number of piperazine rings is 1. The molecule has 1 saturated carbocycles. The monoisotopic (exact) mass is 420 g/mol. The van der Waals surface area contributed by atoms with Crippen LogP contribution in [0.1, 0.15) is 30.7 Å². The van der Waals surface area contributed by atoms with Crippen molar-refractivity contribution in [3.63, 3.8) is 0 Å².